The normalized spacial score (nSPS) is 12.8. The third kappa shape index (κ3) is 2.61. The van der Waals surface area contributed by atoms with Crippen LogP contribution in [0, 0.1) is 0 Å². The lowest BCUT2D eigenvalue weighted by atomic mass is 10.1. The van der Waals surface area contributed by atoms with Gasteiger partial charge in [0.1, 0.15) is 5.75 Å². The van der Waals surface area contributed by atoms with Crippen LogP contribution in [0.25, 0.3) is 9.40 Å². The molecule has 0 fully saturated rings. The molecule has 5 heteroatoms. The molecule has 2 heterocycles. The Labute approximate surface area is 136 Å². The Hall–Kier alpha value is -0.360. The molecule has 0 aliphatic heterocycles. The molecule has 0 radical (unpaired) electrons. The van der Waals surface area contributed by atoms with Crippen LogP contribution in [-0.2, 0) is 0 Å². The van der Waals surface area contributed by atoms with E-state index in [0.717, 1.165) is 10.2 Å². The van der Waals surface area contributed by atoms with Crippen LogP contribution < -0.4 is 4.74 Å². The second-order valence-corrected chi connectivity index (χ2v) is 7.88. The predicted molar refractivity (Wildman–Crippen MR) is 91.2 cm³/mol. The minimum atomic E-state index is 0.206. The Bertz CT molecular complexity index is 689. The van der Waals surface area contributed by atoms with Crippen LogP contribution in [0.2, 0.25) is 0 Å². The Morgan fingerprint density at radius 3 is 2.68 bits per heavy atom. The molecule has 19 heavy (non-hydrogen) atoms. The van der Waals surface area contributed by atoms with Gasteiger partial charge in [-0.25, -0.2) is 0 Å². The van der Waals surface area contributed by atoms with Gasteiger partial charge in [-0.3, -0.25) is 0 Å². The van der Waals surface area contributed by atoms with Crippen molar-refractivity contribution in [1.29, 1.82) is 0 Å². The minimum absolute atomic E-state index is 0.206. The number of methoxy groups -OCH3 is 1. The fourth-order valence-corrected chi connectivity index (χ4v) is 5.73. The van der Waals surface area contributed by atoms with Crippen molar-refractivity contribution >= 4 is 63.9 Å². The summed E-state index contributed by atoms with van der Waals surface area (Å²) >= 11 is 11.0. The number of hydrogen-bond donors (Lipinski definition) is 0. The summed E-state index contributed by atoms with van der Waals surface area (Å²) in [6, 6.07) is 10.5. The molecule has 0 amide bonds. The van der Waals surface area contributed by atoms with E-state index < -0.39 is 0 Å². The van der Waals surface area contributed by atoms with Crippen molar-refractivity contribution in [3.05, 3.63) is 50.6 Å². The van der Waals surface area contributed by atoms with Crippen LogP contribution in [0.4, 0.5) is 0 Å². The fourth-order valence-electron chi connectivity index (χ4n) is 1.90. The van der Waals surface area contributed by atoms with Gasteiger partial charge in [0.2, 0.25) is 0 Å². The fraction of sp³-hybridized carbons (Fsp3) is 0.143. The highest BCUT2D eigenvalue weighted by Crippen LogP contribution is 2.42. The zero-order valence-electron chi connectivity index (χ0n) is 10.0. The van der Waals surface area contributed by atoms with Crippen LogP contribution in [0.1, 0.15) is 15.3 Å². The monoisotopic (exact) mass is 416 g/mol. The van der Waals surface area contributed by atoms with Gasteiger partial charge in [-0.2, -0.15) is 0 Å². The Balaban J connectivity index is 1.99. The molecule has 0 bridgehead atoms. The van der Waals surface area contributed by atoms with Crippen LogP contribution in [-0.4, -0.2) is 7.11 Å². The van der Waals surface area contributed by atoms with Crippen molar-refractivity contribution in [1.82, 2.24) is 0 Å². The molecule has 1 aromatic carbocycles. The summed E-state index contributed by atoms with van der Waals surface area (Å²) in [6.07, 6.45) is 0. The van der Waals surface area contributed by atoms with Crippen molar-refractivity contribution in [3.8, 4) is 5.75 Å². The van der Waals surface area contributed by atoms with E-state index in [0.29, 0.717) is 0 Å². The first-order valence-corrected chi connectivity index (χ1v) is 9.04. The molecule has 0 saturated heterocycles. The third-order valence-corrected chi connectivity index (χ3v) is 7.02. The molecule has 0 aliphatic rings. The van der Waals surface area contributed by atoms with E-state index in [1.807, 2.05) is 23.5 Å². The molecule has 1 nitrogen and oxygen atoms in total. The average molecular weight is 418 g/mol. The van der Waals surface area contributed by atoms with E-state index in [2.05, 4.69) is 55.4 Å². The van der Waals surface area contributed by atoms with Crippen LogP contribution >= 0.6 is 54.5 Å². The number of fused-ring (bicyclic) bond motifs is 1. The second kappa shape index (κ2) is 5.56. The highest BCUT2D eigenvalue weighted by molar-refractivity contribution is 9.11. The van der Waals surface area contributed by atoms with Gasteiger partial charge < -0.3 is 4.74 Å². The molecule has 0 spiro atoms. The number of ether oxygens (including phenoxy) is 1. The van der Waals surface area contributed by atoms with E-state index in [4.69, 9.17) is 4.74 Å². The molecule has 1 atom stereocenters. The van der Waals surface area contributed by atoms with Gasteiger partial charge in [0.25, 0.3) is 0 Å². The molecule has 0 N–H and O–H groups in total. The lowest BCUT2D eigenvalue weighted by Gasteiger charge is -2.11. The largest absolute Gasteiger partial charge is 0.497 e. The summed E-state index contributed by atoms with van der Waals surface area (Å²) in [6.45, 7) is 0. The maximum Gasteiger partial charge on any atom is 0.120 e. The van der Waals surface area contributed by atoms with Crippen molar-refractivity contribution < 1.29 is 4.74 Å². The third-order valence-electron chi connectivity index (χ3n) is 2.89. The van der Waals surface area contributed by atoms with Crippen LogP contribution in [0.5, 0.6) is 5.75 Å². The van der Waals surface area contributed by atoms with Crippen LogP contribution in [0.3, 0.4) is 0 Å². The summed E-state index contributed by atoms with van der Waals surface area (Å²) in [5.41, 5.74) is 1.22. The van der Waals surface area contributed by atoms with Gasteiger partial charge >= 0.3 is 0 Å². The van der Waals surface area contributed by atoms with Gasteiger partial charge in [0.05, 0.1) is 11.9 Å². The van der Waals surface area contributed by atoms with Gasteiger partial charge in [0.15, 0.2) is 0 Å². The number of halogens is 2. The number of alkyl halides is 1. The summed E-state index contributed by atoms with van der Waals surface area (Å²) < 4.78 is 9.00. The van der Waals surface area contributed by atoms with Crippen molar-refractivity contribution in [2.75, 3.05) is 7.11 Å². The number of hydrogen-bond acceptors (Lipinski definition) is 3. The van der Waals surface area contributed by atoms with E-state index in [-0.39, 0.29) is 4.83 Å². The lowest BCUT2D eigenvalue weighted by Crippen LogP contribution is -1.92. The Morgan fingerprint density at radius 2 is 2.00 bits per heavy atom. The topological polar surface area (TPSA) is 9.23 Å². The molecule has 1 unspecified atom stereocenters. The van der Waals surface area contributed by atoms with Crippen LogP contribution in [0.15, 0.2) is 40.2 Å². The Kier molecular flexibility index (Phi) is 3.98. The maximum atomic E-state index is 5.23. The first-order chi connectivity index (χ1) is 9.19. The summed E-state index contributed by atoms with van der Waals surface area (Å²) in [5, 5.41) is 2.14. The molecule has 3 rings (SSSR count). The lowest BCUT2D eigenvalue weighted by molar-refractivity contribution is 0.414. The zero-order chi connectivity index (χ0) is 13.4. The standard InChI is InChI=1S/C14H10Br2OS2/c1-17-8-2-3-9(10(15)6-8)14(16)13-7-12-11(19-13)4-5-18-12/h2-7,14H,1H3. The van der Waals surface area contributed by atoms with Crippen molar-refractivity contribution in [3.63, 3.8) is 0 Å². The van der Waals surface area contributed by atoms with Crippen molar-refractivity contribution in [2.24, 2.45) is 0 Å². The number of rotatable bonds is 3. The molecular weight excluding hydrogens is 408 g/mol. The van der Waals surface area contributed by atoms with Gasteiger partial charge in [-0.05, 0) is 35.2 Å². The second-order valence-electron chi connectivity index (χ2n) is 4.05. The smallest absolute Gasteiger partial charge is 0.120 e. The molecular formula is C14H10Br2OS2. The Morgan fingerprint density at radius 1 is 1.16 bits per heavy atom. The van der Waals surface area contributed by atoms with Gasteiger partial charge in [-0.1, -0.05) is 37.9 Å². The predicted octanol–water partition coefficient (Wildman–Crippen LogP) is 6.22. The zero-order valence-corrected chi connectivity index (χ0v) is 14.8. The summed E-state index contributed by atoms with van der Waals surface area (Å²) in [7, 11) is 1.68. The van der Waals surface area contributed by atoms with Crippen molar-refractivity contribution in [2.45, 2.75) is 4.83 Å². The molecule has 3 aromatic rings. The van der Waals surface area contributed by atoms with E-state index >= 15 is 0 Å². The van der Waals surface area contributed by atoms with Gasteiger partial charge in [-0.15, -0.1) is 22.7 Å². The average Bonchev–Trinajstić information content (AvgIpc) is 2.98. The number of benzene rings is 1. The maximum absolute atomic E-state index is 5.23. The highest BCUT2D eigenvalue weighted by Gasteiger charge is 2.17. The van der Waals surface area contributed by atoms with E-state index in [9.17, 15) is 0 Å². The first-order valence-electron chi connectivity index (χ1n) is 5.63. The molecule has 2 aromatic heterocycles. The van der Waals surface area contributed by atoms with E-state index in [1.54, 1.807) is 18.4 Å². The summed E-state index contributed by atoms with van der Waals surface area (Å²) in [5.74, 6) is 0.863. The van der Waals surface area contributed by atoms with E-state index in [1.165, 1.54) is 19.8 Å². The SMILES string of the molecule is COc1ccc(C(Br)c2cc3sccc3s2)c(Br)c1. The quantitative estimate of drug-likeness (QED) is 0.459. The molecule has 0 saturated carbocycles. The minimum Gasteiger partial charge on any atom is -0.497 e. The number of thiophene rings is 2. The highest BCUT2D eigenvalue weighted by atomic mass is 79.9. The summed E-state index contributed by atoms with van der Waals surface area (Å²) in [4.78, 5) is 1.53. The first kappa shape index (κ1) is 13.6. The van der Waals surface area contributed by atoms with Gasteiger partial charge in [0, 0.05) is 18.7 Å². The molecule has 0 aliphatic carbocycles. The molecule has 98 valence electrons.